The lowest BCUT2D eigenvalue weighted by Crippen LogP contribution is -2.25. The third kappa shape index (κ3) is 3.74. The molecule has 1 aliphatic rings. The molecule has 1 aliphatic carbocycles. The van der Waals surface area contributed by atoms with Crippen LogP contribution >= 0.6 is 15.9 Å². The molecule has 0 radical (unpaired) electrons. The fourth-order valence-corrected chi connectivity index (χ4v) is 4.06. The molecule has 2 rings (SSSR count). The molecule has 4 nitrogen and oxygen atoms in total. The molecule has 1 aromatic carbocycles. The molecule has 0 heterocycles. The van der Waals surface area contributed by atoms with E-state index in [9.17, 15) is 8.42 Å². The molecule has 0 atom stereocenters. The monoisotopic (exact) mass is 361 g/mol. The Morgan fingerprint density at radius 1 is 1.25 bits per heavy atom. The Balaban J connectivity index is 2.31. The van der Waals surface area contributed by atoms with Gasteiger partial charge in [0.05, 0.1) is 6.10 Å². The molecule has 2 N–H and O–H groups in total. The standard InChI is InChI=1S/C14H20BrNO3S/c1-9-3-5-12(6-4-9)19-14-10(2)7-11(15)8-13(14)20(16,17)18/h7-9,12H,3-6H2,1-2H3,(H2,16,17,18). The average molecular weight is 362 g/mol. The average Bonchev–Trinajstić information content (AvgIpc) is 2.33. The van der Waals surface area contributed by atoms with E-state index in [0.717, 1.165) is 37.2 Å². The van der Waals surface area contributed by atoms with E-state index in [-0.39, 0.29) is 11.0 Å². The van der Waals surface area contributed by atoms with Crippen LogP contribution in [-0.4, -0.2) is 14.5 Å². The van der Waals surface area contributed by atoms with Gasteiger partial charge in [0.25, 0.3) is 0 Å². The molecule has 0 bridgehead atoms. The number of halogens is 1. The lowest BCUT2D eigenvalue weighted by molar-refractivity contribution is 0.131. The van der Waals surface area contributed by atoms with E-state index in [1.165, 1.54) is 6.07 Å². The minimum absolute atomic E-state index is 0.0583. The Morgan fingerprint density at radius 3 is 2.40 bits per heavy atom. The molecule has 112 valence electrons. The topological polar surface area (TPSA) is 69.4 Å². The summed E-state index contributed by atoms with van der Waals surface area (Å²) in [5.41, 5.74) is 0.780. The van der Waals surface area contributed by atoms with Gasteiger partial charge < -0.3 is 4.74 Å². The summed E-state index contributed by atoms with van der Waals surface area (Å²) in [6.45, 7) is 4.07. The second-order valence-corrected chi connectivity index (χ2v) is 8.04. The van der Waals surface area contributed by atoms with E-state index in [1.807, 2.05) is 13.0 Å². The van der Waals surface area contributed by atoms with Gasteiger partial charge in [-0.25, -0.2) is 13.6 Å². The van der Waals surface area contributed by atoms with E-state index in [0.29, 0.717) is 10.2 Å². The molecule has 0 unspecified atom stereocenters. The maximum atomic E-state index is 11.7. The van der Waals surface area contributed by atoms with Crippen molar-refractivity contribution in [2.24, 2.45) is 11.1 Å². The van der Waals surface area contributed by atoms with Crippen LogP contribution in [-0.2, 0) is 10.0 Å². The van der Waals surface area contributed by atoms with Crippen molar-refractivity contribution in [2.45, 2.75) is 50.5 Å². The highest BCUT2D eigenvalue weighted by Gasteiger charge is 2.24. The number of hydrogen-bond donors (Lipinski definition) is 1. The number of benzene rings is 1. The molecule has 0 amide bonds. The van der Waals surface area contributed by atoms with Gasteiger partial charge in [-0.3, -0.25) is 0 Å². The van der Waals surface area contributed by atoms with Crippen LogP contribution in [0.25, 0.3) is 0 Å². The van der Waals surface area contributed by atoms with Crippen LogP contribution in [0.15, 0.2) is 21.5 Å². The number of primary sulfonamides is 1. The van der Waals surface area contributed by atoms with Gasteiger partial charge in [-0.05, 0) is 56.2 Å². The third-order valence-electron chi connectivity index (χ3n) is 3.76. The first-order valence-corrected chi connectivity index (χ1v) is 9.11. The summed E-state index contributed by atoms with van der Waals surface area (Å²) in [5, 5.41) is 5.29. The molecule has 0 spiro atoms. The van der Waals surface area contributed by atoms with Crippen molar-refractivity contribution < 1.29 is 13.2 Å². The van der Waals surface area contributed by atoms with E-state index >= 15 is 0 Å². The highest BCUT2D eigenvalue weighted by molar-refractivity contribution is 9.10. The van der Waals surface area contributed by atoms with Crippen LogP contribution in [0.3, 0.4) is 0 Å². The maximum Gasteiger partial charge on any atom is 0.241 e. The molecule has 0 aliphatic heterocycles. The van der Waals surface area contributed by atoms with Crippen LogP contribution in [0, 0.1) is 12.8 Å². The number of sulfonamides is 1. The zero-order valence-electron chi connectivity index (χ0n) is 11.7. The number of aryl methyl sites for hydroxylation is 1. The zero-order valence-corrected chi connectivity index (χ0v) is 14.1. The summed E-state index contributed by atoms with van der Waals surface area (Å²) in [6, 6.07) is 3.35. The van der Waals surface area contributed by atoms with Gasteiger partial charge in [0.2, 0.25) is 10.0 Å². The normalized spacial score (nSPS) is 23.6. The second kappa shape index (κ2) is 6.03. The van der Waals surface area contributed by atoms with Gasteiger partial charge >= 0.3 is 0 Å². The SMILES string of the molecule is Cc1cc(Br)cc(S(N)(=O)=O)c1OC1CCC(C)CC1. The van der Waals surface area contributed by atoms with E-state index in [4.69, 9.17) is 9.88 Å². The summed E-state index contributed by atoms with van der Waals surface area (Å²) in [4.78, 5) is 0.0583. The predicted molar refractivity (Wildman–Crippen MR) is 82.3 cm³/mol. The second-order valence-electron chi connectivity index (χ2n) is 5.59. The molecular weight excluding hydrogens is 342 g/mol. The molecule has 1 aromatic rings. The van der Waals surface area contributed by atoms with E-state index < -0.39 is 10.0 Å². The Hall–Kier alpha value is -0.590. The largest absolute Gasteiger partial charge is 0.489 e. The third-order valence-corrected chi connectivity index (χ3v) is 5.13. The molecule has 20 heavy (non-hydrogen) atoms. The molecule has 0 saturated heterocycles. The first-order valence-electron chi connectivity index (χ1n) is 6.77. The summed E-state index contributed by atoms with van der Waals surface area (Å²) in [6.07, 6.45) is 4.23. The van der Waals surface area contributed by atoms with Gasteiger partial charge in [-0.1, -0.05) is 22.9 Å². The smallest absolute Gasteiger partial charge is 0.241 e. The van der Waals surface area contributed by atoms with Crippen LogP contribution in [0.2, 0.25) is 0 Å². The number of hydrogen-bond acceptors (Lipinski definition) is 3. The minimum atomic E-state index is -3.80. The lowest BCUT2D eigenvalue weighted by atomic mass is 9.89. The first-order chi connectivity index (χ1) is 9.27. The summed E-state index contributed by atoms with van der Waals surface area (Å²) in [7, 11) is -3.80. The molecule has 1 fully saturated rings. The van der Waals surface area contributed by atoms with Crippen molar-refractivity contribution in [3.8, 4) is 5.75 Å². The Labute approximate surface area is 128 Å². The van der Waals surface area contributed by atoms with Crippen LogP contribution in [0.4, 0.5) is 0 Å². The Morgan fingerprint density at radius 2 is 1.85 bits per heavy atom. The maximum absolute atomic E-state index is 11.7. The van der Waals surface area contributed by atoms with Crippen LogP contribution < -0.4 is 9.88 Å². The van der Waals surface area contributed by atoms with Crippen LogP contribution in [0.5, 0.6) is 5.75 Å². The predicted octanol–water partition coefficient (Wildman–Crippen LogP) is 3.36. The molecule has 1 saturated carbocycles. The fraction of sp³-hybridized carbons (Fsp3) is 0.571. The van der Waals surface area contributed by atoms with Crippen molar-refractivity contribution in [1.82, 2.24) is 0 Å². The van der Waals surface area contributed by atoms with E-state index in [2.05, 4.69) is 22.9 Å². The highest BCUT2D eigenvalue weighted by Crippen LogP contribution is 2.34. The quantitative estimate of drug-likeness (QED) is 0.896. The number of ether oxygens (including phenoxy) is 1. The van der Waals surface area contributed by atoms with Crippen molar-refractivity contribution in [3.05, 3.63) is 22.2 Å². The molecule has 6 heteroatoms. The fourth-order valence-electron chi connectivity index (χ4n) is 2.58. The van der Waals surface area contributed by atoms with Crippen molar-refractivity contribution in [3.63, 3.8) is 0 Å². The summed E-state index contributed by atoms with van der Waals surface area (Å²) >= 11 is 3.30. The van der Waals surface area contributed by atoms with Crippen molar-refractivity contribution in [1.29, 1.82) is 0 Å². The highest BCUT2D eigenvalue weighted by atomic mass is 79.9. The molecular formula is C14H20BrNO3S. The van der Waals surface area contributed by atoms with Gasteiger partial charge in [-0.15, -0.1) is 0 Å². The van der Waals surface area contributed by atoms with Gasteiger partial charge in [0.15, 0.2) is 0 Å². The van der Waals surface area contributed by atoms with Crippen LogP contribution in [0.1, 0.15) is 38.2 Å². The van der Waals surface area contributed by atoms with Crippen molar-refractivity contribution in [2.75, 3.05) is 0 Å². The zero-order chi connectivity index (χ0) is 14.9. The first kappa shape index (κ1) is 15.8. The summed E-state index contributed by atoms with van der Waals surface area (Å²) < 4.78 is 30.1. The van der Waals surface area contributed by atoms with Gasteiger partial charge in [-0.2, -0.15) is 0 Å². The minimum Gasteiger partial charge on any atom is -0.489 e. The van der Waals surface area contributed by atoms with E-state index in [1.54, 1.807) is 0 Å². The summed E-state index contributed by atoms with van der Waals surface area (Å²) in [5.74, 6) is 1.12. The Kier molecular flexibility index (Phi) is 4.76. The van der Waals surface area contributed by atoms with Gasteiger partial charge in [0, 0.05) is 4.47 Å². The number of rotatable bonds is 3. The molecule has 0 aromatic heterocycles. The van der Waals surface area contributed by atoms with Crippen molar-refractivity contribution >= 4 is 26.0 Å². The Bertz CT molecular complexity index is 593. The number of nitrogens with two attached hydrogens (primary N) is 1. The lowest BCUT2D eigenvalue weighted by Gasteiger charge is -2.28. The van der Waals surface area contributed by atoms with Gasteiger partial charge in [0.1, 0.15) is 10.6 Å².